The van der Waals surface area contributed by atoms with E-state index in [1.807, 2.05) is 0 Å². The Bertz CT molecular complexity index is 283. The lowest BCUT2D eigenvalue weighted by Gasteiger charge is -2.48. The first-order valence-corrected chi connectivity index (χ1v) is 5.66. The number of ether oxygens (including phenoxy) is 1. The second-order valence-electron chi connectivity index (χ2n) is 5.23. The van der Waals surface area contributed by atoms with Crippen LogP contribution in [0.5, 0.6) is 0 Å². The highest BCUT2D eigenvalue weighted by Crippen LogP contribution is 2.53. The molecule has 0 amide bonds. The van der Waals surface area contributed by atoms with Crippen molar-refractivity contribution >= 4 is 5.97 Å². The van der Waals surface area contributed by atoms with Gasteiger partial charge in [-0.15, -0.1) is 0 Å². The molecule has 1 rings (SSSR count). The van der Waals surface area contributed by atoms with Crippen LogP contribution in [0.2, 0.25) is 0 Å². The monoisotopic (exact) mass is 210 g/mol. The van der Waals surface area contributed by atoms with Crippen LogP contribution in [0.1, 0.15) is 47.5 Å². The molecular weight excluding hydrogens is 188 g/mol. The van der Waals surface area contributed by atoms with E-state index >= 15 is 0 Å². The molecule has 0 bridgehead atoms. The fourth-order valence-electron chi connectivity index (χ4n) is 2.54. The van der Waals surface area contributed by atoms with Gasteiger partial charge in [-0.2, -0.15) is 0 Å². The lowest BCUT2D eigenvalue weighted by Crippen LogP contribution is -2.39. The van der Waals surface area contributed by atoms with Gasteiger partial charge in [-0.25, -0.2) is 0 Å². The fraction of sp³-hybridized carbons (Fsp3) is 0.769. The number of carbonyl (C=O) groups excluding carboxylic acids is 1. The summed E-state index contributed by atoms with van der Waals surface area (Å²) in [6.45, 7) is 11.0. The Morgan fingerprint density at radius 3 is 2.40 bits per heavy atom. The van der Waals surface area contributed by atoms with Crippen molar-refractivity contribution in [3.63, 3.8) is 0 Å². The van der Waals surface area contributed by atoms with E-state index in [-0.39, 0.29) is 5.97 Å². The molecule has 0 saturated heterocycles. The van der Waals surface area contributed by atoms with E-state index in [2.05, 4.69) is 27.7 Å². The molecule has 0 spiro atoms. The molecule has 1 fully saturated rings. The fourth-order valence-corrected chi connectivity index (χ4v) is 2.54. The molecule has 1 aliphatic carbocycles. The smallest absolute Gasteiger partial charge is 0.302 e. The molecule has 1 unspecified atom stereocenters. The van der Waals surface area contributed by atoms with E-state index in [0.717, 1.165) is 6.42 Å². The Labute approximate surface area is 92.7 Å². The Hall–Kier alpha value is -0.790. The van der Waals surface area contributed by atoms with E-state index in [1.165, 1.54) is 18.9 Å². The average Bonchev–Trinajstić information content (AvgIpc) is 2.08. The summed E-state index contributed by atoms with van der Waals surface area (Å²) < 4.78 is 4.98. The molecule has 86 valence electrons. The van der Waals surface area contributed by atoms with E-state index in [4.69, 9.17) is 4.74 Å². The Kier molecular flexibility index (Phi) is 3.58. The van der Waals surface area contributed by atoms with Gasteiger partial charge >= 0.3 is 5.97 Å². The molecule has 0 heterocycles. The molecule has 2 heteroatoms. The van der Waals surface area contributed by atoms with Crippen LogP contribution in [0.25, 0.3) is 0 Å². The molecule has 2 nitrogen and oxygen atoms in total. The van der Waals surface area contributed by atoms with Crippen LogP contribution in [0, 0.1) is 11.3 Å². The zero-order chi connectivity index (χ0) is 11.6. The molecule has 0 aromatic carbocycles. The summed E-state index contributed by atoms with van der Waals surface area (Å²) in [5.74, 6) is 0.497. The highest BCUT2D eigenvalue weighted by Gasteiger charge is 2.43. The maximum absolute atomic E-state index is 10.6. The lowest BCUT2D eigenvalue weighted by molar-refractivity contribution is -0.141. The largest absolute Gasteiger partial charge is 0.466 e. The number of esters is 1. The number of hydrogen-bond donors (Lipinski definition) is 0. The summed E-state index contributed by atoms with van der Waals surface area (Å²) >= 11 is 0. The van der Waals surface area contributed by atoms with Crippen molar-refractivity contribution in [2.24, 2.45) is 11.3 Å². The van der Waals surface area contributed by atoms with Crippen LogP contribution >= 0.6 is 0 Å². The maximum Gasteiger partial charge on any atom is 0.302 e. The molecule has 15 heavy (non-hydrogen) atoms. The van der Waals surface area contributed by atoms with Crippen molar-refractivity contribution in [2.75, 3.05) is 6.61 Å². The molecule has 0 aromatic rings. The van der Waals surface area contributed by atoms with Gasteiger partial charge in [0.2, 0.25) is 0 Å². The normalized spacial score (nSPS) is 23.3. The van der Waals surface area contributed by atoms with Gasteiger partial charge in [0, 0.05) is 6.92 Å². The third-order valence-electron chi connectivity index (χ3n) is 3.62. The van der Waals surface area contributed by atoms with E-state index in [0.29, 0.717) is 17.9 Å². The van der Waals surface area contributed by atoms with Crippen molar-refractivity contribution in [2.45, 2.75) is 47.5 Å². The minimum atomic E-state index is -0.172. The van der Waals surface area contributed by atoms with Gasteiger partial charge in [0.15, 0.2) is 0 Å². The van der Waals surface area contributed by atoms with E-state index in [1.54, 1.807) is 5.57 Å². The first-order chi connectivity index (χ1) is 6.85. The first kappa shape index (κ1) is 12.3. The second kappa shape index (κ2) is 4.38. The number of rotatable bonds is 3. The molecule has 1 atom stereocenters. The Morgan fingerprint density at radius 1 is 1.40 bits per heavy atom. The maximum atomic E-state index is 10.6. The van der Waals surface area contributed by atoms with E-state index < -0.39 is 0 Å². The quantitative estimate of drug-likeness (QED) is 0.527. The first-order valence-electron chi connectivity index (χ1n) is 5.66. The molecule has 0 radical (unpaired) electrons. The van der Waals surface area contributed by atoms with Crippen molar-refractivity contribution in [1.82, 2.24) is 0 Å². The zero-order valence-electron chi connectivity index (χ0n) is 10.5. The summed E-state index contributed by atoms with van der Waals surface area (Å²) in [6.07, 6.45) is 2.17. The molecule has 0 aromatic heterocycles. The van der Waals surface area contributed by atoms with Gasteiger partial charge in [0.25, 0.3) is 0 Å². The van der Waals surface area contributed by atoms with Gasteiger partial charge in [-0.3, -0.25) is 4.79 Å². The average molecular weight is 210 g/mol. The highest BCUT2D eigenvalue weighted by atomic mass is 16.5. The minimum absolute atomic E-state index is 0.172. The number of hydrogen-bond acceptors (Lipinski definition) is 2. The van der Waals surface area contributed by atoms with Crippen LogP contribution in [-0.2, 0) is 9.53 Å². The van der Waals surface area contributed by atoms with Crippen molar-refractivity contribution in [3.05, 3.63) is 11.1 Å². The SMILES string of the molecule is CC(=O)OCCC1CC(=C(C)C)C1(C)C. The third kappa shape index (κ3) is 2.61. The zero-order valence-corrected chi connectivity index (χ0v) is 10.5. The van der Waals surface area contributed by atoms with Crippen molar-refractivity contribution in [3.8, 4) is 0 Å². The number of allylic oxidation sites excluding steroid dienone is 2. The minimum Gasteiger partial charge on any atom is -0.466 e. The molecule has 0 aliphatic heterocycles. The molecule has 0 N–H and O–H groups in total. The number of carbonyl (C=O) groups is 1. The molecule has 1 saturated carbocycles. The predicted molar refractivity (Wildman–Crippen MR) is 61.5 cm³/mol. The van der Waals surface area contributed by atoms with Gasteiger partial charge in [0.1, 0.15) is 0 Å². The van der Waals surface area contributed by atoms with E-state index in [9.17, 15) is 4.79 Å². The van der Waals surface area contributed by atoms with Crippen LogP contribution in [-0.4, -0.2) is 12.6 Å². The summed E-state index contributed by atoms with van der Waals surface area (Å²) in [5.41, 5.74) is 3.33. The topological polar surface area (TPSA) is 26.3 Å². The Morgan fingerprint density at radius 2 is 2.00 bits per heavy atom. The lowest BCUT2D eigenvalue weighted by atomic mass is 9.56. The van der Waals surface area contributed by atoms with Gasteiger partial charge in [0.05, 0.1) is 6.61 Å². The van der Waals surface area contributed by atoms with Crippen LogP contribution in [0.3, 0.4) is 0 Å². The second-order valence-corrected chi connectivity index (χ2v) is 5.23. The van der Waals surface area contributed by atoms with Crippen molar-refractivity contribution < 1.29 is 9.53 Å². The van der Waals surface area contributed by atoms with Crippen molar-refractivity contribution in [1.29, 1.82) is 0 Å². The Balaban J connectivity index is 2.43. The molecule has 1 aliphatic rings. The van der Waals surface area contributed by atoms with Gasteiger partial charge in [-0.1, -0.05) is 25.0 Å². The summed E-state index contributed by atoms with van der Waals surface area (Å²) in [7, 11) is 0. The van der Waals surface area contributed by atoms with Crippen LogP contribution in [0.15, 0.2) is 11.1 Å². The van der Waals surface area contributed by atoms with Gasteiger partial charge in [-0.05, 0) is 38.0 Å². The third-order valence-corrected chi connectivity index (χ3v) is 3.62. The highest BCUT2D eigenvalue weighted by molar-refractivity contribution is 5.65. The standard InChI is InChI=1S/C13H22O2/c1-9(2)12-8-11(13(12,4)5)6-7-15-10(3)14/h11H,6-8H2,1-5H3. The summed E-state index contributed by atoms with van der Waals surface area (Å²) in [6, 6.07) is 0. The summed E-state index contributed by atoms with van der Waals surface area (Å²) in [5, 5.41) is 0. The summed E-state index contributed by atoms with van der Waals surface area (Å²) in [4.78, 5) is 10.6. The molecular formula is C13H22O2. The van der Waals surface area contributed by atoms with Crippen LogP contribution < -0.4 is 0 Å². The van der Waals surface area contributed by atoms with Gasteiger partial charge < -0.3 is 4.74 Å². The van der Waals surface area contributed by atoms with Crippen LogP contribution in [0.4, 0.5) is 0 Å². The predicted octanol–water partition coefficient (Wildman–Crippen LogP) is 3.32.